The predicted molar refractivity (Wildman–Crippen MR) is 173 cm³/mol. The average Bonchev–Trinajstić information content (AvgIpc) is 3.38. The van der Waals surface area contributed by atoms with E-state index in [9.17, 15) is 29.7 Å². The molecule has 5 rings (SSSR count). The number of carbonyl (C=O) groups excluding carboxylic acids is 3. The summed E-state index contributed by atoms with van der Waals surface area (Å²) in [6.07, 6.45) is 6.95. The molecule has 2 fully saturated rings. The Balaban J connectivity index is 0.926. The summed E-state index contributed by atoms with van der Waals surface area (Å²) in [4.78, 5) is 36.3. The zero-order valence-electron chi connectivity index (χ0n) is 27.2. The van der Waals surface area contributed by atoms with Crippen molar-refractivity contribution >= 4 is 17.6 Å². The Morgan fingerprint density at radius 3 is 2.55 bits per heavy atom. The summed E-state index contributed by atoms with van der Waals surface area (Å²) in [5, 5.41) is 32.4. The second-order valence-corrected chi connectivity index (χ2v) is 13.4. The SMILES string of the molecule is CC12CCC3c4ccc(O)cc4CCC3C1CCC2OCCC(=O)NCCOCCOCC(=O)Cc1ccc(CO)c(C(N)=O)c1O. The van der Waals surface area contributed by atoms with Crippen molar-refractivity contribution in [2.75, 3.05) is 39.6 Å². The first kappa shape index (κ1) is 34.8. The van der Waals surface area contributed by atoms with E-state index in [2.05, 4.69) is 18.3 Å². The Labute approximate surface area is 275 Å². The molecule has 5 unspecified atom stereocenters. The number of fused-ring (bicyclic) bond motifs is 5. The fourth-order valence-electron chi connectivity index (χ4n) is 8.33. The maximum absolute atomic E-state index is 12.4. The number of phenolic OH excluding ortho intramolecular Hbond substituents is 1. The standard InChI is InChI=1S/C36H48N2O9/c1-36-12-10-28-27-7-5-25(40)18-22(27)4-6-29(28)30(36)8-9-31(36)47-14-11-32(42)38-13-15-45-16-17-46-21-26(41)19-23-2-3-24(20-39)33(34(23)43)35(37)44/h2-3,5,7,18,28-31,39-40,43H,4,6,8-17,19-21H2,1H3,(H2,37,44)(H,38,42). The number of nitrogens with two attached hydrogens (primary N) is 1. The lowest BCUT2D eigenvalue weighted by molar-refractivity contribution is -0.125. The highest BCUT2D eigenvalue weighted by Gasteiger charge is 2.55. The minimum absolute atomic E-state index is 0.0826. The number of phenols is 2. The minimum Gasteiger partial charge on any atom is -0.508 e. The zero-order valence-corrected chi connectivity index (χ0v) is 27.2. The van der Waals surface area contributed by atoms with Gasteiger partial charge in [-0.25, -0.2) is 0 Å². The van der Waals surface area contributed by atoms with Gasteiger partial charge < -0.3 is 40.6 Å². The number of ketones is 1. The normalized spacial score (nSPS) is 24.6. The van der Waals surface area contributed by atoms with Gasteiger partial charge in [0.15, 0.2) is 5.78 Å². The Bertz CT molecular complexity index is 1450. The van der Waals surface area contributed by atoms with Crippen LogP contribution in [0.15, 0.2) is 30.3 Å². The quantitative estimate of drug-likeness (QED) is 0.170. The molecule has 2 aromatic carbocycles. The van der Waals surface area contributed by atoms with Gasteiger partial charge in [0, 0.05) is 24.9 Å². The van der Waals surface area contributed by atoms with Gasteiger partial charge in [0.25, 0.3) is 5.91 Å². The molecule has 2 saturated carbocycles. The van der Waals surface area contributed by atoms with E-state index in [4.69, 9.17) is 19.9 Å². The second kappa shape index (κ2) is 15.6. The summed E-state index contributed by atoms with van der Waals surface area (Å²) in [7, 11) is 0. The first-order chi connectivity index (χ1) is 22.6. The molecule has 11 nitrogen and oxygen atoms in total. The summed E-state index contributed by atoms with van der Waals surface area (Å²) in [6.45, 7) is 3.19. The maximum Gasteiger partial charge on any atom is 0.252 e. The molecule has 47 heavy (non-hydrogen) atoms. The maximum atomic E-state index is 12.4. The number of aliphatic hydroxyl groups is 1. The molecule has 0 aliphatic heterocycles. The molecule has 0 heterocycles. The summed E-state index contributed by atoms with van der Waals surface area (Å²) in [5.74, 6) is 0.509. The lowest BCUT2D eigenvalue weighted by Crippen LogP contribution is -2.45. The summed E-state index contributed by atoms with van der Waals surface area (Å²) in [6, 6.07) is 8.82. The number of amides is 2. The van der Waals surface area contributed by atoms with Crippen molar-refractivity contribution in [3.63, 3.8) is 0 Å². The van der Waals surface area contributed by atoms with E-state index in [0.29, 0.717) is 49.7 Å². The highest BCUT2D eigenvalue weighted by Crippen LogP contribution is 2.61. The van der Waals surface area contributed by atoms with Crippen molar-refractivity contribution in [1.82, 2.24) is 5.32 Å². The molecule has 6 N–H and O–H groups in total. The van der Waals surface area contributed by atoms with E-state index < -0.39 is 18.3 Å². The van der Waals surface area contributed by atoms with Gasteiger partial charge in [0.2, 0.25) is 5.91 Å². The van der Waals surface area contributed by atoms with Gasteiger partial charge in [-0.2, -0.15) is 0 Å². The summed E-state index contributed by atoms with van der Waals surface area (Å²) >= 11 is 0. The van der Waals surface area contributed by atoms with Crippen molar-refractivity contribution < 1.29 is 43.9 Å². The number of aryl methyl sites for hydroxylation is 1. The Morgan fingerprint density at radius 2 is 1.77 bits per heavy atom. The van der Waals surface area contributed by atoms with E-state index in [0.717, 1.165) is 38.5 Å². The number of aliphatic hydroxyl groups excluding tert-OH is 1. The van der Waals surface area contributed by atoms with Crippen molar-refractivity contribution in [2.24, 2.45) is 23.0 Å². The van der Waals surface area contributed by atoms with Gasteiger partial charge in [0.1, 0.15) is 18.1 Å². The fourth-order valence-corrected chi connectivity index (χ4v) is 8.33. The van der Waals surface area contributed by atoms with Crippen molar-refractivity contribution in [3.05, 3.63) is 58.1 Å². The first-order valence-corrected chi connectivity index (χ1v) is 16.7. The second-order valence-electron chi connectivity index (χ2n) is 13.4. The molecule has 0 bridgehead atoms. The van der Waals surface area contributed by atoms with E-state index in [1.165, 1.54) is 23.3 Å². The zero-order chi connectivity index (χ0) is 33.6. The number of Topliss-reactive ketones (excluding diaryl/α,β-unsaturated/α-hetero) is 1. The van der Waals surface area contributed by atoms with E-state index in [1.54, 1.807) is 0 Å². The fraction of sp³-hybridized carbons (Fsp3) is 0.583. The molecule has 0 spiro atoms. The lowest BCUT2D eigenvalue weighted by atomic mass is 9.55. The number of hydrogen-bond acceptors (Lipinski definition) is 9. The number of carbonyl (C=O) groups is 3. The third-order valence-electron chi connectivity index (χ3n) is 10.6. The summed E-state index contributed by atoms with van der Waals surface area (Å²) < 4.78 is 17.2. The molecule has 0 aromatic heterocycles. The number of aromatic hydroxyl groups is 2. The number of hydrogen-bond donors (Lipinski definition) is 5. The smallest absolute Gasteiger partial charge is 0.252 e. The molecule has 2 amide bonds. The van der Waals surface area contributed by atoms with Crippen LogP contribution in [0.2, 0.25) is 0 Å². The van der Waals surface area contributed by atoms with Gasteiger partial charge >= 0.3 is 0 Å². The van der Waals surface area contributed by atoms with E-state index >= 15 is 0 Å². The largest absolute Gasteiger partial charge is 0.508 e. The monoisotopic (exact) mass is 652 g/mol. The predicted octanol–water partition coefficient (Wildman–Crippen LogP) is 3.28. The molecular weight excluding hydrogens is 604 g/mol. The van der Waals surface area contributed by atoms with Gasteiger partial charge in [-0.3, -0.25) is 14.4 Å². The number of nitrogens with one attached hydrogen (secondary N) is 1. The Hall–Kier alpha value is -3.51. The van der Waals surface area contributed by atoms with Crippen LogP contribution in [-0.2, 0) is 43.2 Å². The number of rotatable bonds is 16. The van der Waals surface area contributed by atoms with E-state index in [-0.39, 0.29) is 66.1 Å². The molecular formula is C36H48N2O9. The van der Waals surface area contributed by atoms with Crippen LogP contribution >= 0.6 is 0 Å². The third-order valence-corrected chi connectivity index (χ3v) is 10.6. The number of ether oxygens (including phenoxy) is 3. The van der Waals surface area contributed by atoms with Crippen LogP contribution in [0, 0.1) is 17.3 Å². The van der Waals surface area contributed by atoms with Crippen molar-refractivity contribution in [1.29, 1.82) is 0 Å². The van der Waals surface area contributed by atoms with Crippen LogP contribution in [0.4, 0.5) is 0 Å². The van der Waals surface area contributed by atoms with Crippen LogP contribution in [-0.4, -0.2) is 78.6 Å². The molecule has 0 radical (unpaired) electrons. The van der Waals surface area contributed by atoms with Crippen LogP contribution in [0.3, 0.4) is 0 Å². The third kappa shape index (κ3) is 7.97. The molecule has 2 aromatic rings. The minimum atomic E-state index is -0.886. The molecule has 3 aliphatic carbocycles. The molecule has 5 atom stereocenters. The van der Waals surface area contributed by atoms with E-state index in [1.807, 2.05) is 12.1 Å². The van der Waals surface area contributed by atoms with Crippen molar-refractivity contribution in [2.45, 2.75) is 76.9 Å². The molecule has 3 aliphatic rings. The topological polar surface area (TPSA) is 178 Å². The highest BCUT2D eigenvalue weighted by atomic mass is 16.5. The molecule has 11 heteroatoms. The van der Waals surface area contributed by atoms with Crippen LogP contribution in [0.5, 0.6) is 11.5 Å². The van der Waals surface area contributed by atoms with Crippen LogP contribution < -0.4 is 11.1 Å². The van der Waals surface area contributed by atoms with Gasteiger partial charge in [-0.1, -0.05) is 25.1 Å². The first-order valence-electron chi connectivity index (χ1n) is 16.7. The highest BCUT2D eigenvalue weighted by molar-refractivity contribution is 5.98. The summed E-state index contributed by atoms with van der Waals surface area (Å²) in [5.41, 5.74) is 8.38. The number of primary amides is 1. The van der Waals surface area contributed by atoms with Crippen LogP contribution in [0.1, 0.15) is 84.0 Å². The Kier molecular flexibility index (Phi) is 11.5. The molecule has 0 saturated heterocycles. The van der Waals surface area contributed by atoms with Crippen LogP contribution in [0.25, 0.3) is 0 Å². The average molecular weight is 653 g/mol. The van der Waals surface area contributed by atoms with Gasteiger partial charge in [-0.15, -0.1) is 0 Å². The number of benzene rings is 2. The van der Waals surface area contributed by atoms with Gasteiger partial charge in [0.05, 0.1) is 44.7 Å². The lowest BCUT2D eigenvalue weighted by Gasteiger charge is -2.50. The molecule has 256 valence electrons. The van der Waals surface area contributed by atoms with Crippen molar-refractivity contribution in [3.8, 4) is 11.5 Å². The Morgan fingerprint density at radius 1 is 0.979 bits per heavy atom. The van der Waals surface area contributed by atoms with Gasteiger partial charge in [-0.05, 0) is 90.5 Å².